The number of hydrogen-bond acceptors (Lipinski definition) is 8. The molecule has 0 aliphatic carbocycles. The third-order valence-corrected chi connectivity index (χ3v) is 5.83. The number of benzene rings is 1. The van der Waals surface area contributed by atoms with Gasteiger partial charge in [-0.3, -0.25) is 14.9 Å². The van der Waals surface area contributed by atoms with Gasteiger partial charge in [-0.05, 0) is 34.3 Å². The molecule has 0 aliphatic heterocycles. The first-order chi connectivity index (χ1) is 17.5. The second-order valence-corrected chi connectivity index (χ2v) is 8.21. The van der Waals surface area contributed by atoms with E-state index in [0.29, 0.717) is 0 Å². The summed E-state index contributed by atoms with van der Waals surface area (Å²) in [4.78, 5) is 26.0. The summed E-state index contributed by atoms with van der Waals surface area (Å²) >= 11 is 0.739. The zero-order chi connectivity index (χ0) is 28.6. The summed E-state index contributed by atoms with van der Waals surface area (Å²) in [6.07, 6.45) is -5.42. The molecular weight excluding hydrogens is 565 g/mol. The third-order valence-electron chi connectivity index (χ3n) is 4.72. The molecule has 0 aliphatic rings. The Morgan fingerprint density at radius 1 is 1.16 bits per heavy atom. The Balaban J connectivity index is 1.95. The van der Waals surface area contributed by atoms with Crippen LogP contribution in [-0.4, -0.2) is 54.3 Å². The molecule has 0 fully saturated rings. The Hall–Kier alpha value is -3.97. The maximum Gasteiger partial charge on any atom is 0.382 e. The lowest BCUT2D eigenvalue weighted by atomic mass is 9.98. The first-order valence-corrected chi connectivity index (χ1v) is 10.4. The molecule has 10 nitrogen and oxygen atoms in total. The van der Waals surface area contributed by atoms with Crippen LogP contribution < -0.4 is 5.32 Å². The van der Waals surface area contributed by atoms with Crippen LogP contribution in [0.15, 0.2) is 40.5 Å². The van der Waals surface area contributed by atoms with Gasteiger partial charge < -0.3 is 5.32 Å². The molecule has 3 rings (SSSR count). The molecule has 0 saturated heterocycles. The molecule has 0 atom stereocenters. The number of nitrogens with one attached hydrogen (secondary N) is 1. The van der Waals surface area contributed by atoms with Crippen molar-refractivity contribution in [2.75, 3.05) is 5.32 Å². The van der Waals surface area contributed by atoms with Gasteiger partial charge in [-0.2, -0.15) is 26.3 Å². The van der Waals surface area contributed by atoms with E-state index in [4.69, 9.17) is 0 Å². The average molecular weight is 575 g/mol. The van der Waals surface area contributed by atoms with Crippen molar-refractivity contribution >= 4 is 29.2 Å². The van der Waals surface area contributed by atoms with Gasteiger partial charge in [-0.25, -0.2) is 22.8 Å². The molecule has 1 N–H and O–H groups in total. The van der Waals surface area contributed by atoms with Crippen LogP contribution in [-0.2, 0) is 13.0 Å². The number of aryl methyl sites for hydroxylation is 1. The summed E-state index contributed by atoms with van der Waals surface area (Å²) in [5.41, 5.74) is -3.27. The summed E-state index contributed by atoms with van der Waals surface area (Å²) in [6.45, 7) is 0. The SMILES string of the molecule is Cn1nnnc1Sc1ccc([N+](=O)[O-])cc1C(=O)Nc1ncc(C(F)(F)C(F)(F)C(F)(F)C(F)F)cc1F. The summed E-state index contributed by atoms with van der Waals surface area (Å²) in [6, 6.07) is 2.47. The van der Waals surface area contributed by atoms with E-state index in [1.807, 2.05) is 0 Å². The van der Waals surface area contributed by atoms with Crippen molar-refractivity contribution < 1.29 is 49.2 Å². The van der Waals surface area contributed by atoms with E-state index in [1.54, 1.807) is 5.32 Å². The van der Waals surface area contributed by atoms with Crippen LogP contribution in [0, 0.1) is 15.9 Å². The van der Waals surface area contributed by atoms with E-state index in [9.17, 15) is 54.4 Å². The molecule has 0 bridgehead atoms. The van der Waals surface area contributed by atoms with Gasteiger partial charge in [0.25, 0.3) is 11.6 Å². The van der Waals surface area contributed by atoms with Crippen LogP contribution in [0.2, 0.25) is 0 Å². The van der Waals surface area contributed by atoms with E-state index < -0.39 is 69.5 Å². The van der Waals surface area contributed by atoms with Crippen LogP contribution in [0.4, 0.5) is 51.0 Å². The standard InChI is InChI=1S/C18H10F9N7O3S/c1-33-15(30-31-32-33)38-11-3-2-8(34(36)37)5-9(11)13(35)29-12-10(19)4-7(6-28-12)16(22,23)18(26,27)17(24,25)14(20)21/h2-6,14H,1H3,(H,28,29,35). The zero-order valence-corrected chi connectivity index (χ0v) is 19.0. The van der Waals surface area contributed by atoms with Crippen LogP contribution in [0.1, 0.15) is 15.9 Å². The molecule has 1 aromatic carbocycles. The maximum absolute atomic E-state index is 14.4. The predicted molar refractivity (Wildman–Crippen MR) is 108 cm³/mol. The number of rotatable bonds is 9. The van der Waals surface area contributed by atoms with E-state index in [1.165, 1.54) is 11.7 Å². The number of halogens is 9. The van der Waals surface area contributed by atoms with Gasteiger partial charge in [-0.15, -0.1) is 5.10 Å². The van der Waals surface area contributed by atoms with Gasteiger partial charge in [0.05, 0.1) is 10.5 Å². The number of carbonyl (C=O) groups is 1. The Labute approximate surface area is 208 Å². The van der Waals surface area contributed by atoms with Crippen molar-refractivity contribution in [2.45, 2.75) is 34.2 Å². The van der Waals surface area contributed by atoms with Gasteiger partial charge in [-0.1, -0.05) is 0 Å². The minimum atomic E-state index is -6.66. The highest BCUT2D eigenvalue weighted by molar-refractivity contribution is 7.99. The molecular formula is C18H10F9N7O3S. The van der Waals surface area contributed by atoms with Gasteiger partial charge in [0.2, 0.25) is 5.16 Å². The predicted octanol–water partition coefficient (Wildman–Crippen LogP) is 4.68. The Bertz CT molecular complexity index is 1390. The third kappa shape index (κ3) is 5.07. The van der Waals surface area contributed by atoms with Crippen molar-refractivity contribution in [3.05, 3.63) is 57.5 Å². The molecule has 20 heteroatoms. The molecule has 3 aromatic rings. The number of amides is 1. The highest BCUT2D eigenvalue weighted by Crippen LogP contribution is 2.53. The van der Waals surface area contributed by atoms with E-state index >= 15 is 0 Å². The first-order valence-electron chi connectivity index (χ1n) is 9.58. The lowest BCUT2D eigenvalue weighted by molar-refractivity contribution is -0.384. The number of hydrogen-bond donors (Lipinski definition) is 1. The van der Waals surface area contributed by atoms with Crippen molar-refractivity contribution in [1.82, 2.24) is 25.2 Å². The number of nitro benzene ring substituents is 1. The smallest absolute Gasteiger partial charge is 0.304 e. The quantitative estimate of drug-likeness (QED) is 0.221. The highest BCUT2D eigenvalue weighted by atomic mass is 32.2. The van der Waals surface area contributed by atoms with Crippen LogP contribution in [0.25, 0.3) is 0 Å². The number of carbonyl (C=O) groups excluding carboxylic acids is 1. The van der Waals surface area contributed by atoms with Gasteiger partial charge in [0.15, 0.2) is 11.6 Å². The lowest BCUT2D eigenvalue weighted by Crippen LogP contribution is -2.56. The number of aromatic nitrogens is 5. The second kappa shape index (κ2) is 10.1. The molecule has 0 saturated carbocycles. The number of nitrogens with zero attached hydrogens (tertiary/aromatic N) is 6. The maximum atomic E-state index is 14.4. The number of anilines is 1. The molecule has 0 spiro atoms. The van der Waals surface area contributed by atoms with Crippen molar-refractivity contribution in [2.24, 2.45) is 7.05 Å². The summed E-state index contributed by atoms with van der Waals surface area (Å²) in [5.74, 6) is -23.6. The molecule has 2 heterocycles. The number of tetrazole rings is 1. The van der Waals surface area contributed by atoms with Crippen molar-refractivity contribution in [3.63, 3.8) is 0 Å². The molecule has 38 heavy (non-hydrogen) atoms. The highest BCUT2D eigenvalue weighted by Gasteiger charge is 2.76. The van der Waals surface area contributed by atoms with Gasteiger partial charge in [0.1, 0.15) is 0 Å². The fraction of sp³-hybridized carbons (Fsp3) is 0.278. The Kier molecular flexibility index (Phi) is 7.57. The number of nitro groups is 1. The Morgan fingerprint density at radius 2 is 1.82 bits per heavy atom. The van der Waals surface area contributed by atoms with Gasteiger partial charge >= 0.3 is 24.2 Å². The van der Waals surface area contributed by atoms with Crippen LogP contribution in [0.5, 0.6) is 0 Å². The van der Waals surface area contributed by atoms with E-state index in [-0.39, 0.29) is 16.2 Å². The number of pyridine rings is 1. The normalized spacial score (nSPS) is 12.6. The summed E-state index contributed by atoms with van der Waals surface area (Å²) < 4.78 is 122. The average Bonchev–Trinajstić information content (AvgIpc) is 3.24. The minimum Gasteiger partial charge on any atom is -0.304 e. The summed E-state index contributed by atoms with van der Waals surface area (Å²) in [5, 5.41) is 23.5. The Morgan fingerprint density at radius 3 is 2.34 bits per heavy atom. The molecule has 2 aromatic heterocycles. The van der Waals surface area contributed by atoms with Crippen molar-refractivity contribution in [3.8, 4) is 0 Å². The van der Waals surface area contributed by atoms with Crippen LogP contribution in [0.3, 0.4) is 0 Å². The molecule has 1 amide bonds. The van der Waals surface area contributed by atoms with E-state index in [0.717, 1.165) is 30.0 Å². The summed E-state index contributed by atoms with van der Waals surface area (Å²) in [7, 11) is 1.42. The zero-order valence-electron chi connectivity index (χ0n) is 18.2. The first kappa shape index (κ1) is 28.6. The van der Waals surface area contributed by atoms with Gasteiger partial charge in [0, 0.05) is 35.8 Å². The lowest BCUT2D eigenvalue weighted by Gasteiger charge is -2.32. The van der Waals surface area contributed by atoms with E-state index in [2.05, 4.69) is 20.5 Å². The number of non-ortho nitro benzene ring substituents is 1. The largest absolute Gasteiger partial charge is 0.382 e. The number of alkyl halides is 8. The van der Waals surface area contributed by atoms with Crippen LogP contribution >= 0.6 is 11.8 Å². The fourth-order valence-corrected chi connectivity index (χ4v) is 3.55. The topological polar surface area (TPSA) is 129 Å². The fourth-order valence-electron chi connectivity index (χ4n) is 2.71. The molecule has 204 valence electrons. The monoisotopic (exact) mass is 575 g/mol. The second-order valence-electron chi connectivity index (χ2n) is 7.21. The minimum absolute atomic E-state index is 0.0107. The molecule has 0 unspecified atom stereocenters. The van der Waals surface area contributed by atoms with Crippen molar-refractivity contribution in [1.29, 1.82) is 0 Å². The molecule has 0 radical (unpaired) electrons.